The Morgan fingerprint density at radius 3 is 2.09 bits per heavy atom. The maximum Gasteiger partial charge on any atom is 0.127 e. The van der Waals surface area contributed by atoms with Crippen molar-refractivity contribution in [1.29, 1.82) is 0 Å². The first-order valence-corrected chi connectivity index (χ1v) is 13.8. The van der Waals surface area contributed by atoms with Gasteiger partial charge in [0.2, 0.25) is 0 Å². The van der Waals surface area contributed by atoms with Crippen LogP contribution in [0.25, 0.3) is 11.3 Å². The molecule has 3 heteroatoms. The van der Waals surface area contributed by atoms with Crippen LogP contribution in [0.3, 0.4) is 0 Å². The Morgan fingerprint density at radius 1 is 0.727 bits per heavy atom. The van der Waals surface area contributed by atoms with Crippen LogP contribution in [0.4, 0.5) is 4.39 Å². The van der Waals surface area contributed by atoms with Crippen LogP contribution < -0.4 is 0 Å². The molecular weight excluding hydrogens is 407 g/mol. The number of aromatic nitrogens is 2. The lowest BCUT2D eigenvalue weighted by Crippen LogP contribution is -2.15. The number of hydrogen-bond donors (Lipinski definition) is 0. The van der Waals surface area contributed by atoms with Crippen molar-refractivity contribution in [1.82, 2.24) is 10.2 Å². The summed E-state index contributed by atoms with van der Waals surface area (Å²) < 4.78 is 14.5. The summed E-state index contributed by atoms with van der Waals surface area (Å²) >= 11 is 0. The van der Waals surface area contributed by atoms with Gasteiger partial charge < -0.3 is 0 Å². The molecule has 0 aliphatic heterocycles. The van der Waals surface area contributed by atoms with E-state index in [1.54, 1.807) is 6.07 Å². The highest BCUT2D eigenvalue weighted by molar-refractivity contribution is 5.59. The van der Waals surface area contributed by atoms with Crippen LogP contribution in [0.2, 0.25) is 0 Å². The zero-order valence-corrected chi connectivity index (χ0v) is 21.1. The number of aryl methyl sites for hydroxylation is 2. The Hall–Kier alpha value is -1.77. The van der Waals surface area contributed by atoms with Crippen molar-refractivity contribution in [2.75, 3.05) is 0 Å². The number of benzene rings is 1. The smallest absolute Gasteiger partial charge is 0.127 e. The summed E-state index contributed by atoms with van der Waals surface area (Å²) in [7, 11) is 0. The number of nitrogens with zero attached hydrogens (tertiary/aromatic N) is 2. The van der Waals surface area contributed by atoms with E-state index in [4.69, 9.17) is 0 Å². The van der Waals surface area contributed by atoms with Gasteiger partial charge in [-0.3, -0.25) is 0 Å². The third-order valence-corrected chi connectivity index (χ3v) is 7.61. The molecule has 1 aliphatic carbocycles. The highest BCUT2D eigenvalue weighted by Crippen LogP contribution is 2.34. The van der Waals surface area contributed by atoms with E-state index in [1.807, 2.05) is 18.2 Å². The van der Waals surface area contributed by atoms with E-state index in [2.05, 4.69) is 30.1 Å². The third kappa shape index (κ3) is 8.83. The number of rotatable bonds is 14. The molecule has 182 valence electrons. The van der Waals surface area contributed by atoms with Crippen molar-refractivity contribution >= 4 is 0 Å². The molecule has 0 saturated heterocycles. The highest BCUT2D eigenvalue weighted by atomic mass is 19.1. The highest BCUT2D eigenvalue weighted by Gasteiger charge is 2.21. The number of hydrogen-bond acceptors (Lipinski definition) is 2. The van der Waals surface area contributed by atoms with Crippen LogP contribution >= 0.6 is 0 Å². The van der Waals surface area contributed by atoms with Gasteiger partial charge in [0, 0.05) is 5.56 Å². The quantitative estimate of drug-likeness (QED) is 0.267. The largest absolute Gasteiger partial charge is 0.207 e. The molecule has 0 bridgehead atoms. The van der Waals surface area contributed by atoms with Crippen molar-refractivity contribution < 1.29 is 4.39 Å². The molecule has 1 saturated carbocycles. The Bertz CT molecular complexity index is 793. The fraction of sp³-hybridized carbons (Fsp3) is 0.667. The molecule has 33 heavy (non-hydrogen) atoms. The van der Waals surface area contributed by atoms with E-state index < -0.39 is 0 Å². The summed E-state index contributed by atoms with van der Waals surface area (Å²) in [5.41, 5.74) is 3.45. The van der Waals surface area contributed by atoms with E-state index >= 15 is 0 Å². The van der Waals surface area contributed by atoms with Crippen molar-refractivity contribution in [2.24, 2.45) is 11.8 Å². The van der Waals surface area contributed by atoms with Gasteiger partial charge in [-0.1, -0.05) is 103 Å². The first kappa shape index (κ1) is 25.8. The summed E-state index contributed by atoms with van der Waals surface area (Å²) in [6, 6.07) is 9.60. The lowest BCUT2D eigenvalue weighted by Gasteiger charge is -2.28. The Morgan fingerprint density at radius 2 is 1.42 bits per heavy atom. The van der Waals surface area contributed by atoms with Gasteiger partial charge in [0.05, 0.1) is 11.4 Å². The summed E-state index contributed by atoms with van der Waals surface area (Å²) in [5.74, 6) is 1.70. The molecule has 0 atom stereocenters. The van der Waals surface area contributed by atoms with Gasteiger partial charge in [-0.15, -0.1) is 0 Å². The van der Waals surface area contributed by atoms with E-state index in [9.17, 15) is 4.39 Å². The summed E-state index contributed by atoms with van der Waals surface area (Å²) in [5, 5.41) is 8.87. The van der Waals surface area contributed by atoms with Crippen molar-refractivity contribution in [3.05, 3.63) is 47.4 Å². The van der Waals surface area contributed by atoms with Gasteiger partial charge >= 0.3 is 0 Å². The maximum absolute atomic E-state index is 14.5. The van der Waals surface area contributed by atoms with Crippen LogP contribution in [0.1, 0.15) is 115 Å². The molecule has 1 aliphatic rings. The summed E-state index contributed by atoms with van der Waals surface area (Å²) in [6.07, 6.45) is 20.5. The van der Waals surface area contributed by atoms with Gasteiger partial charge in [0.25, 0.3) is 0 Å². The first-order chi connectivity index (χ1) is 16.2. The zero-order chi connectivity index (χ0) is 23.3. The molecule has 1 aromatic heterocycles. The molecule has 0 spiro atoms. The minimum Gasteiger partial charge on any atom is -0.207 e. The van der Waals surface area contributed by atoms with Crippen molar-refractivity contribution in [2.45, 2.75) is 117 Å². The monoisotopic (exact) mass is 452 g/mol. The van der Waals surface area contributed by atoms with Gasteiger partial charge in [-0.05, 0) is 61.3 Å². The predicted octanol–water partition coefficient (Wildman–Crippen LogP) is 9.11. The average molecular weight is 453 g/mol. The van der Waals surface area contributed by atoms with Crippen molar-refractivity contribution in [3.63, 3.8) is 0 Å². The average Bonchev–Trinajstić information content (AvgIpc) is 2.85. The molecule has 1 fully saturated rings. The Balaban J connectivity index is 1.39. The van der Waals surface area contributed by atoms with E-state index in [0.29, 0.717) is 0 Å². The Kier molecular flexibility index (Phi) is 11.3. The fourth-order valence-electron chi connectivity index (χ4n) is 5.32. The van der Waals surface area contributed by atoms with E-state index in [-0.39, 0.29) is 5.82 Å². The molecule has 3 rings (SSSR count). The predicted molar refractivity (Wildman–Crippen MR) is 138 cm³/mol. The number of halogens is 1. The summed E-state index contributed by atoms with van der Waals surface area (Å²) in [4.78, 5) is 0. The minimum absolute atomic E-state index is 0.119. The second kappa shape index (κ2) is 14.5. The van der Waals surface area contributed by atoms with Gasteiger partial charge in [0.15, 0.2) is 0 Å². The standard InChI is InChI=1S/C30H45FN2/c1-3-5-7-8-10-11-24-13-15-25(16-14-24)17-20-28-21-22-30(33-32-28)27-19-18-26(29(31)23-27)12-9-6-4-2/h18-19,21-25H,3-17,20H2,1-2H3. The number of unbranched alkanes of at least 4 members (excludes halogenated alkanes) is 6. The molecule has 0 N–H and O–H groups in total. The Labute approximate surface area is 201 Å². The summed E-state index contributed by atoms with van der Waals surface area (Å²) in [6.45, 7) is 4.46. The topological polar surface area (TPSA) is 25.8 Å². The molecule has 1 heterocycles. The molecule has 0 radical (unpaired) electrons. The molecule has 0 amide bonds. The maximum atomic E-state index is 14.5. The zero-order valence-electron chi connectivity index (χ0n) is 21.1. The molecule has 2 nitrogen and oxygen atoms in total. The van der Waals surface area contributed by atoms with Gasteiger partial charge in [-0.25, -0.2) is 4.39 Å². The van der Waals surface area contributed by atoms with Crippen LogP contribution in [0, 0.1) is 17.7 Å². The lowest BCUT2D eigenvalue weighted by molar-refractivity contribution is 0.248. The van der Waals surface area contributed by atoms with E-state index in [0.717, 1.165) is 66.5 Å². The van der Waals surface area contributed by atoms with Crippen molar-refractivity contribution in [3.8, 4) is 11.3 Å². The normalized spacial score (nSPS) is 18.5. The van der Waals surface area contributed by atoms with Gasteiger partial charge in [0.1, 0.15) is 5.82 Å². The fourth-order valence-corrected chi connectivity index (χ4v) is 5.32. The van der Waals surface area contributed by atoms with Gasteiger partial charge in [-0.2, -0.15) is 10.2 Å². The first-order valence-electron chi connectivity index (χ1n) is 13.8. The van der Waals surface area contributed by atoms with Crippen LogP contribution in [0.15, 0.2) is 30.3 Å². The molecular formula is C30H45FN2. The second-order valence-corrected chi connectivity index (χ2v) is 10.3. The van der Waals surface area contributed by atoms with Crippen LogP contribution in [0.5, 0.6) is 0 Å². The minimum atomic E-state index is -0.119. The second-order valence-electron chi connectivity index (χ2n) is 10.3. The lowest BCUT2D eigenvalue weighted by atomic mass is 9.78. The SMILES string of the molecule is CCCCCCCC1CCC(CCc2ccc(-c3ccc(CCCCC)c(F)c3)nn2)CC1. The molecule has 0 unspecified atom stereocenters. The molecule has 2 aromatic rings. The third-order valence-electron chi connectivity index (χ3n) is 7.61. The van der Waals surface area contributed by atoms with Crippen LogP contribution in [-0.4, -0.2) is 10.2 Å². The van der Waals surface area contributed by atoms with Crippen LogP contribution in [-0.2, 0) is 12.8 Å². The molecule has 1 aromatic carbocycles. The van der Waals surface area contributed by atoms with E-state index in [1.165, 1.54) is 70.6 Å².